The van der Waals surface area contributed by atoms with Crippen LogP contribution in [-0.4, -0.2) is 38.8 Å². The Morgan fingerprint density at radius 2 is 1.85 bits per heavy atom. The minimum Gasteiger partial charge on any atom is -0.491 e. The summed E-state index contributed by atoms with van der Waals surface area (Å²) in [5.41, 5.74) is 3.37. The fraction of sp³-hybridized carbons (Fsp3) is 0.167. The van der Waals surface area contributed by atoms with E-state index < -0.39 is 5.79 Å². The lowest BCUT2D eigenvalue weighted by atomic mass is 10.1. The van der Waals surface area contributed by atoms with Crippen LogP contribution in [0.15, 0.2) is 104 Å². The first kappa shape index (κ1) is 26.3. The second kappa shape index (κ2) is 11.7. The predicted molar refractivity (Wildman–Crippen MR) is 154 cm³/mol. The number of hydrogen-bond donors (Lipinski definition) is 1. The zero-order valence-corrected chi connectivity index (χ0v) is 22.8. The van der Waals surface area contributed by atoms with Crippen LogP contribution in [0.2, 0.25) is 10.0 Å². The second-order valence-electron chi connectivity index (χ2n) is 9.25. The van der Waals surface area contributed by atoms with Crippen LogP contribution >= 0.6 is 23.2 Å². The van der Waals surface area contributed by atoms with Crippen molar-refractivity contribution in [1.82, 2.24) is 19.5 Å². The first-order valence-corrected chi connectivity index (χ1v) is 13.4. The van der Waals surface area contributed by atoms with Crippen LogP contribution in [0.3, 0.4) is 0 Å². The maximum Gasteiger partial charge on any atom is 0.227 e. The molecule has 1 saturated heterocycles. The molecule has 0 bridgehead atoms. The molecule has 0 amide bonds. The molecule has 0 spiro atoms. The molecule has 40 heavy (non-hydrogen) atoms. The van der Waals surface area contributed by atoms with E-state index in [1.54, 1.807) is 30.9 Å². The second-order valence-corrected chi connectivity index (χ2v) is 10.1. The van der Waals surface area contributed by atoms with Crippen molar-refractivity contribution in [3.8, 4) is 17.0 Å². The number of ether oxygens (including phenoxy) is 3. The Morgan fingerprint density at radius 3 is 2.62 bits per heavy atom. The summed E-state index contributed by atoms with van der Waals surface area (Å²) in [5.74, 6) is 0.140. The average molecular weight is 574 g/mol. The van der Waals surface area contributed by atoms with Gasteiger partial charge in [-0.3, -0.25) is 0 Å². The van der Waals surface area contributed by atoms with Crippen LogP contribution in [0.4, 0.5) is 11.6 Å². The summed E-state index contributed by atoms with van der Waals surface area (Å²) in [4.78, 5) is 13.1. The summed E-state index contributed by atoms with van der Waals surface area (Å²) in [6, 6.07) is 24.7. The lowest BCUT2D eigenvalue weighted by Gasteiger charge is -2.30. The van der Waals surface area contributed by atoms with Crippen LogP contribution in [0.5, 0.6) is 5.75 Å². The number of para-hydroxylation sites is 1. The van der Waals surface area contributed by atoms with Gasteiger partial charge in [-0.2, -0.15) is 0 Å². The third kappa shape index (κ3) is 5.95. The zero-order valence-electron chi connectivity index (χ0n) is 21.3. The Kier molecular flexibility index (Phi) is 7.66. The van der Waals surface area contributed by atoms with Gasteiger partial charge in [0.05, 0.1) is 30.2 Å². The Hall–Kier alpha value is -3.95. The summed E-state index contributed by atoms with van der Waals surface area (Å²) in [6.07, 6.45) is 6.68. The van der Waals surface area contributed by atoms with Gasteiger partial charge in [-0.15, -0.1) is 0 Å². The first-order chi connectivity index (χ1) is 19.6. The molecule has 3 heterocycles. The number of nitrogens with one attached hydrogen (secondary N) is 1. The van der Waals surface area contributed by atoms with Crippen LogP contribution in [0, 0.1) is 0 Å². The zero-order chi connectivity index (χ0) is 27.4. The van der Waals surface area contributed by atoms with Gasteiger partial charge in [0.2, 0.25) is 11.7 Å². The van der Waals surface area contributed by atoms with Gasteiger partial charge in [0.15, 0.2) is 0 Å². The fourth-order valence-corrected chi connectivity index (χ4v) is 5.07. The van der Waals surface area contributed by atoms with Gasteiger partial charge in [0.25, 0.3) is 0 Å². The molecule has 0 unspecified atom stereocenters. The van der Waals surface area contributed by atoms with Crippen molar-refractivity contribution in [3.05, 3.63) is 119 Å². The molecule has 2 atom stereocenters. The van der Waals surface area contributed by atoms with E-state index in [-0.39, 0.29) is 6.10 Å². The van der Waals surface area contributed by atoms with E-state index in [1.165, 1.54) is 0 Å². The molecule has 0 aliphatic carbocycles. The topological polar surface area (TPSA) is 83.3 Å². The highest BCUT2D eigenvalue weighted by atomic mass is 35.5. The highest BCUT2D eigenvalue weighted by molar-refractivity contribution is 6.35. The molecule has 0 radical (unpaired) electrons. The van der Waals surface area contributed by atoms with Gasteiger partial charge in [-0.25, -0.2) is 15.0 Å². The van der Waals surface area contributed by atoms with E-state index in [0.29, 0.717) is 47.1 Å². The summed E-state index contributed by atoms with van der Waals surface area (Å²) in [5, 5.41) is 4.23. The molecule has 1 aliphatic rings. The van der Waals surface area contributed by atoms with Gasteiger partial charge in [-0.05, 0) is 54.6 Å². The molecule has 202 valence electrons. The minimum atomic E-state index is -1.10. The average Bonchev–Trinajstić information content (AvgIpc) is 3.63. The Morgan fingerprint density at radius 1 is 1.00 bits per heavy atom. The number of nitrogens with zero attached hydrogens (tertiary/aromatic N) is 4. The van der Waals surface area contributed by atoms with E-state index in [4.69, 9.17) is 37.4 Å². The number of halogens is 2. The molecular weight excluding hydrogens is 549 g/mol. The van der Waals surface area contributed by atoms with Gasteiger partial charge in [0, 0.05) is 40.4 Å². The van der Waals surface area contributed by atoms with Crippen molar-refractivity contribution >= 4 is 34.8 Å². The van der Waals surface area contributed by atoms with Gasteiger partial charge in [-0.1, -0.05) is 47.5 Å². The fourth-order valence-electron chi connectivity index (χ4n) is 4.52. The van der Waals surface area contributed by atoms with Gasteiger partial charge < -0.3 is 24.1 Å². The maximum absolute atomic E-state index is 6.56. The molecule has 2 aromatic heterocycles. The Balaban J connectivity index is 1.12. The van der Waals surface area contributed by atoms with E-state index in [0.717, 1.165) is 16.9 Å². The van der Waals surface area contributed by atoms with Crippen LogP contribution in [0.1, 0.15) is 5.56 Å². The lowest BCUT2D eigenvalue weighted by molar-refractivity contribution is -0.189. The first-order valence-electron chi connectivity index (χ1n) is 12.7. The highest BCUT2D eigenvalue weighted by Gasteiger charge is 2.45. The SMILES string of the molecule is Clc1ccc([C@]2(Cn3ccnc3)OC[C@@H](COc3ccc(-c4ccnc(Nc5ccccc5)n4)cc3)O2)c(Cl)c1. The summed E-state index contributed by atoms with van der Waals surface area (Å²) in [7, 11) is 0. The van der Waals surface area contributed by atoms with Gasteiger partial charge in [0.1, 0.15) is 18.5 Å². The number of anilines is 2. The van der Waals surface area contributed by atoms with Gasteiger partial charge >= 0.3 is 0 Å². The van der Waals surface area contributed by atoms with Crippen LogP contribution in [-0.2, 0) is 21.8 Å². The number of rotatable bonds is 9. The molecule has 6 rings (SSSR count). The third-order valence-corrected chi connectivity index (χ3v) is 6.97. The molecule has 0 saturated carbocycles. The highest BCUT2D eigenvalue weighted by Crippen LogP contribution is 2.40. The minimum absolute atomic E-state index is 0.300. The molecule has 8 nitrogen and oxygen atoms in total. The van der Waals surface area contributed by atoms with Crippen molar-refractivity contribution in [2.45, 2.75) is 18.4 Å². The largest absolute Gasteiger partial charge is 0.491 e. The van der Waals surface area contributed by atoms with Crippen molar-refractivity contribution in [2.24, 2.45) is 0 Å². The Bertz CT molecular complexity index is 1570. The summed E-state index contributed by atoms with van der Waals surface area (Å²) >= 11 is 12.7. The molecule has 3 aromatic carbocycles. The Labute approximate surface area is 241 Å². The maximum atomic E-state index is 6.56. The number of imidazole rings is 1. The number of hydrogen-bond acceptors (Lipinski definition) is 7. The van der Waals surface area contributed by atoms with Crippen molar-refractivity contribution < 1.29 is 14.2 Å². The predicted octanol–water partition coefficient (Wildman–Crippen LogP) is 6.74. The molecular formula is C30H25Cl2N5O3. The molecule has 5 aromatic rings. The quantitative estimate of drug-likeness (QED) is 0.209. The van der Waals surface area contributed by atoms with Crippen LogP contribution in [0.25, 0.3) is 11.3 Å². The number of benzene rings is 3. The smallest absolute Gasteiger partial charge is 0.227 e. The lowest BCUT2D eigenvalue weighted by Crippen LogP contribution is -2.34. The van der Waals surface area contributed by atoms with Crippen molar-refractivity contribution in [3.63, 3.8) is 0 Å². The summed E-state index contributed by atoms with van der Waals surface area (Å²) < 4.78 is 20.7. The number of aromatic nitrogens is 4. The molecule has 1 fully saturated rings. The summed E-state index contributed by atoms with van der Waals surface area (Å²) in [6.45, 7) is 1.01. The monoisotopic (exact) mass is 573 g/mol. The molecule has 1 aliphatic heterocycles. The van der Waals surface area contributed by atoms with E-state index >= 15 is 0 Å². The van der Waals surface area contributed by atoms with E-state index in [2.05, 4.69) is 20.3 Å². The molecule has 1 N–H and O–H groups in total. The van der Waals surface area contributed by atoms with Crippen molar-refractivity contribution in [1.29, 1.82) is 0 Å². The van der Waals surface area contributed by atoms with Crippen LogP contribution < -0.4 is 10.1 Å². The van der Waals surface area contributed by atoms with Crippen molar-refractivity contribution in [2.75, 3.05) is 18.5 Å². The standard InChI is InChI=1S/C30H25Cl2N5O3/c31-22-8-11-26(27(32)16-22)30(19-37-15-14-33-20-37)39-18-25(40-30)17-38-24-9-6-21(7-10-24)28-12-13-34-29(36-28)35-23-4-2-1-3-5-23/h1-16,20,25H,17-19H2,(H,34,35,36)/t25-,30-/m1/s1. The van der Waals surface area contributed by atoms with E-state index in [1.807, 2.05) is 77.5 Å². The molecule has 10 heteroatoms. The third-order valence-electron chi connectivity index (χ3n) is 6.42. The van der Waals surface area contributed by atoms with E-state index in [9.17, 15) is 0 Å². The normalized spacial score (nSPS) is 18.5.